The number of ether oxygens (including phenoxy) is 2. The van der Waals surface area contributed by atoms with Gasteiger partial charge >= 0.3 is 0 Å². The monoisotopic (exact) mass is 277 g/mol. The quantitative estimate of drug-likeness (QED) is 0.863. The Morgan fingerprint density at radius 1 is 1.40 bits per heavy atom. The van der Waals surface area contributed by atoms with E-state index in [4.69, 9.17) is 9.47 Å². The summed E-state index contributed by atoms with van der Waals surface area (Å²) in [6, 6.07) is 4.58. The molecule has 3 heteroatoms. The van der Waals surface area contributed by atoms with E-state index in [2.05, 4.69) is 38.2 Å². The van der Waals surface area contributed by atoms with Gasteiger partial charge in [-0.25, -0.2) is 0 Å². The summed E-state index contributed by atoms with van der Waals surface area (Å²) < 4.78 is 11.6. The van der Waals surface area contributed by atoms with Crippen molar-refractivity contribution in [2.45, 2.75) is 52.2 Å². The molecule has 112 valence electrons. The first kappa shape index (κ1) is 15.3. The maximum Gasteiger partial charge on any atom is 0.124 e. The van der Waals surface area contributed by atoms with Gasteiger partial charge < -0.3 is 14.8 Å². The maximum atomic E-state index is 5.93. The number of benzene rings is 1. The molecular formula is C17H27NO2. The van der Waals surface area contributed by atoms with Crippen molar-refractivity contribution >= 4 is 0 Å². The van der Waals surface area contributed by atoms with Gasteiger partial charge in [0.15, 0.2) is 0 Å². The molecule has 0 saturated carbocycles. The largest absolute Gasteiger partial charge is 0.496 e. The smallest absolute Gasteiger partial charge is 0.124 e. The molecule has 0 bridgehead atoms. The summed E-state index contributed by atoms with van der Waals surface area (Å²) in [4.78, 5) is 0. The molecule has 1 aromatic carbocycles. The number of aryl methyl sites for hydroxylation is 2. The van der Waals surface area contributed by atoms with Crippen LogP contribution in [0.4, 0.5) is 0 Å². The fourth-order valence-corrected chi connectivity index (χ4v) is 3.09. The Balaban J connectivity index is 2.36. The molecule has 0 aromatic heterocycles. The first-order valence-electron chi connectivity index (χ1n) is 7.67. The van der Waals surface area contributed by atoms with E-state index in [0.29, 0.717) is 0 Å². The summed E-state index contributed by atoms with van der Waals surface area (Å²) in [7, 11) is 1.75. The van der Waals surface area contributed by atoms with E-state index in [9.17, 15) is 0 Å². The molecule has 1 fully saturated rings. The lowest BCUT2D eigenvalue weighted by atomic mass is 9.93. The summed E-state index contributed by atoms with van der Waals surface area (Å²) in [5.41, 5.74) is 3.79. The standard InChI is InChI=1S/C17H27NO2/c1-5-8-18-17(14-7-6-9-20-14)16-13(3)10-12(2)11-15(16)19-4/h10-11,14,17-18H,5-9H2,1-4H3. The number of hydrogen-bond acceptors (Lipinski definition) is 3. The highest BCUT2D eigenvalue weighted by molar-refractivity contribution is 5.45. The highest BCUT2D eigenvalue weighted by Crippen LogP contribution is 2.35. The van der Waals surface area contributed by atoms with Crippen molar-refractivity contribution in [3.05, 3.63) is 28.8 Å². The Morgan fingerprint density at radius 2 is 2.20 bits per heavy atom. The van der Waals surface area contributed by atoms with E-state index >= 15 is 0 Å². The molecule has 1 heterocycles. The third-order valence-electron chi connectivity index (χ3n) is 3.98. The van der Waals surface area contributed by atoms with Crippen LogP contribution in [0.1, 0.15) is 48.9 Å². The molecule has 2 unspecified atom stereocenters. The van der Waals surface area contributed by atoms with Crippen LogP contribution in [0.25, 0.3) is 0 Å². The summed E-state index contributed by atoms with van der Waals surface area (Å²) in [5, 5.41) is 3.66. The van der Waals surface area contributed by atoms with Crippen LogP contribution in [-0.4, -0.2) is 26.4 Å². The summed E-state index contributed by atoms with van der Waals surface area (Å²) in [6.07, 6.45) is 3.66. The molecule has 3 nitrogen and oxygen atoms in total. The third kappa shape index (κ3) is 3.33. The molecule has 20 heavy (non-hydrogen) atoms. The Kier molecular flexibility index (Phi) is 5.44. The molecule has 1 aliphatic heterocycles. The van der Waals surface area contributed by atoms with Crippen LogP contribution < -0.4 is 10.1 Å². The van der Waals surface area contributed by atoms with Crippen LogP contribution in [0.15, 0.2) is 12.1 Å². The van der Waals surface area contributed by atoms with E-state index < -0.39 is 0 Å². The molecule has 2 atom stereocenters. The molecule has 1 aliphatic rings. The third-order valence-corrected chi connectivity index (χ3v) is 3.98. The van der Waals surface area contributed by atoms with Crippen LogP contribution in [0.2, 0.25) is 0 Å². The number of hydrogen-bond donors (Lipinski definition) is 1. The van der Waals surface area contributed by atoms with E-state index in [1.165, 1.54) is 16.7 Å². The molecule has 1 saturated heterocycles. The Hall–Kier alpha value is -1.06. The van der Waals surface area contributed by atoms with Crippen molar-refractivity contribution in [1.82, 2.24) is 5.32 Å². The zero-order valence-electron chi connectivity index (χ0n) is 13.2. The lowest BCUT2D eigenvalue weighted by molar-refractivity contribution is 0.0772. The van der Waals surface area contributed by atoms with Gasteiger partial charge in [0.05, 0.1) is 19.3 Å². The zero-order chi connectivity index (χ0) is 14.5. The van der Waals surface area contributed by atoms with Crippen molar-refractivity contribution < 1.29 is 9.47 Å². The fourth-order valence-electron chi connectivity index (χ4n) is 3.09. The predicted octanol–water partition coefficient (Wildman–Crippen LogP) is 3.53. The summed E-state index contributed by atoms with van der Waals surface area (Å²) in [5.74, 6) is 0.978. The van der Waals surface area contributed by atoms with Crippen molar-refractivity contribution in [2.75, 3.05) is 20.3 Å². The second kappa shape index (κ2) is 7.09. The number of methoxy groups -OCH3 is 1. The van der Waals surface area contributed by atoms with Crippen LogP contribution >= 0.6 is 0 Å². The molecule has 0 aliphatic carbocycles. The lowest BCUT2D eigenvalue weighted by Crippen LogP contribution is -2.33. The van der Waals surface area contributed by atoms with Gasteiger partial charge in [0.2, 0.25) is 0 Å². The molecule has 0 spiro atoms. The average molecular weight is 277 g/mol. The van der Waals surface area contributed by atoms with Crippen LogP contribution in [0.5, 0.6) is 5.75 Å². The van der Waals surface area contributed by atoms with Crippen molar-refractivity contribution in [2.24, 2.45) is 0 Å². The number of nitrogens with one attached hydrogen (secondary N) is 1. The zero-order valence-corrected chi connectivity index (χ0v) is 13.2. The van der Waals surface area contributed by atoms with Crippen molar-refractivity contribution in [1.29, 1.82) is 0 Å². The van der Waals surface area contributed by atoms with Crippen molar-refractivity contribution in [3.8, 4) is 5.75 Å². The minimum atomic E-state index is 0.230. The van der Waals surface area contributed by atoms with Crippen LogP contribution in [0.3, 0.4) is 0 Å². The average Bonchev–Trinajstić information content (AvgIpc) is 2.94. The van der Waals surface area contributed by atoms with E-state index in [1.54, 1.807) is 7.11 Å². The fraction of sp³-hybridized carbons (Fsp3) is 0.647. The molecule has 0 radical (unpaired) electrons. The molecular weight excluding hydrogens is 250 g/mol. The first-order chi connectivity index (χ1) is 9.67. The molecule has 1 N–H and O–H groups in total. The van der Waals surface area contributed by atoms with Gasteiger partial charge in [0.25, 0.3) is 0 Å². The minimum Gasteiger partial charge on any atom is -0.496 e. The van der Waals surface area contributed by atoms with E-state index in [0.717, 1.165) is 38.2 Å². The Labute approximate surface area is 122 Å². The molecule has 2 rings (SSSR count). The van der Waals surface area contributed by atoms with E-state index in [1.807, 2.05) is 0 Å². The van der Waals surface area contributed by atoms with Gasteiger partial charge in [-0.3, -0.25) is 0 Å². The van der Waals surface area contributed by atoms with Gasteiger partial charge in [0.1, 0.15) is 5.75 Å². The normalized spacial score (nSPS) is 20.1. The second-order valence-corrected chi connectivity index (χ2v) is 5.68. The second-order valence-electron chi connectivity index (χ2n) is 5.68. The van der Waals surface area contributed by atoms with Crippen LogP contribution in [-0.2, 0) is 4.74 Å². The first-order valence-corrected chi connectivity index (χ1v) is 7.67. The summed E-state index contributed by atoms with van der Waals surface area (Å²) >= 11 is 0. The van der Waals surface area contributed by atoms with Crippen molar-refractivity contribution in [3.63, 3.8) is 0 Å². The van der Waals surface area contributed by atoms with Gasteiger partial charge in [-0.15, -0.1) is 0 Å². The Morgan fingerprint density at radius 3 is 2.80 bits per heavy atom. The molecule has 1 aromatic rings. The lowest BCUT2D eigenvalue weighted by Gasteiger charge is -2.28. The number of rotatable bonds is 6. The van der Waals surface area contributed by atoms with Gasteiger partial charge in [-0.2, -0.15) is 0 Å². The summed E-state index contributed by atoms with van der Waals surface area (Å²) in [6.45, 7) is 8.35. The predicted molar refractivity (Wildman–Crippen MR) is 82.5 cm³/mol. The highest BCUT2D eigenvalue weighted by atomic mass is 16.5. The van der Waals surface area contributed by atoms with Gasteiger partial charge in [-0.1, -0.05) is 13.0 Å². The highest BCUT2D eigenvalue weighted by Gasteiger charge is 2.30. The van der Waals surface area contributed by atoms with Gasteiger partial charge in [0, 0.05) is 12.2 Å². The Bertz CT molecular complexity index is 439. The molecule has 0 amide bonds. The minimum absolute atomic E-state index is 0.230. The SMILES string of the molecule is CCCNC(c1c(C)cc(C)cc1OC)C1CCCO1. The maximum absolute atomic E-state index is 5.93. The topological polar surface area (TPSA) is 30.5 Å². The van der Waals surface area contributed by atoms with E-state index in [-0.39, 0.29) is 12.1 Å². The van der Waals surface area contributed by atoms with Gasteiger partial charge in [-0.05, 0) is 56.8 Å². The van der Waals surface area contributed by atoms with Crippen LogP contribution in [0, 0.1) is 13.8 Å².